The van der Waals surface area contributed by atoms with Crippen LogP contribution in [0.1, 0.15) is 18.4 Å². The summed E-state index contributed by atoms with van der Waals surface area (Å²) >= 11 is 12.0. The second-order valence-corrected chi connectivity index (χ2v) is 7.15. The summed E-state index contributed by atoms with van der Waals surface area (Å²) in [6.45, 7) is 0.469. The minimum atomic E-state index is -0.994. The largest absolute Gasteiger partial charge is 0.340 e. The number of carbonyl (C=O) groups excluding carboxylic acids is 2. The summed E-state index contributed by atoms with van der Waals surface area (Å²) < 4.78 is 0. The average Bonchev–Trinajstić information content (AvgIpc) is 3.39. The molecule has 2 amide bonds. The van der Waals surface area contributed by atoms with E-state index in [9.17, 15) is 9.59 Å². The van der Waals surface area contributed by atoms with Crippen molar-refractivity contribution in [2.75, 3.05) is 12.4 Å². The van der Waals surface area contributed by atoms with Gasteiger partial charge in [0.05, 0.1) is 10.7 Å². The topological polar surface area (TPSA) is 49.4 Å². The van der Waals surface area contributed by atoms with Crippen molar-refractivity contribution in [3.63, 3.8) is 0 Å². The highest BCUT2D eigenvalue weighted by atomic mass is 35.5. The number of hydrogen-bond acceptors (Lipinski definition) is 2. The van der Waals surface area contributed by atoms with E-state index in [-0.39, 0.29) is 11.8 Å². The average molecular weight is 377 g/mol. The molecule has 0 heterocycles. The predicted molar refractivity (Wildman–Crippen MR) is 99.7 cm³/mol. The molecule has 1 N–H and O–H groups in total. The molecule has 1 saturated carbocycles. The normalized spacial score (nSPS) is 14.7. The molecule has 0 aliphatic heterocycles. The molecule has 0 radical (unpaired) electrons. The van der Waals surface area contributed by atoms with E-state index in [1.807, 2.05) is 30.3 Å². The van der Waals surface area contributed by atoms with Crippen LogP contribution in [-0.2, 0) is 16.1 Å². The maximum absolute atomic E-state index is 12.8. The van der Waals surface area contributed by atoms with Crippen LogP contribution in [0.3, 0.4) is 0 Å². The lowest BCUT2D eigenvalue weighted by Crippen LogP contribution is -2.40. The third kappa shape index (κ3) is 3.80. The fourth-order valence-electron chi connectivity index (χ4n) is 2.79. The molecule has 1 fully saturated rings. The van der Waals surface area contributed by atoms with Crippen LogP contribution in [0.4, 0.5) is 5.69 Å². The molecule has 0 aromatic heterocycles. The first-order chi connectivity index (χ1) is 11.9. The number of rotatable bonds is 5. The van der Waals surface area contributed by atoms with E-state index < -0.39 is 5.41 Å². The molecule has 2 aromatic carbocycles. The Morgan fingerprint density at radius 1 is 1.12 bits per heavy atom. The standard InChI is InChI=1S/C19H18Cl2N2O2/c1-23(12-13-5-3-2-4-6-13)18(25)19(9-10-19)17(24)22-16-8-7-14(20)11-15(16)21/h2-8,11H,9-10,12H2,1H3,(H,22,24). The number of nitrogens with zero attached hydrogens (tertiary/aromatic N) is 1. The summed E-state index contributed by atoms with van der Waals surface area (Å²) in [5.41, 5.74) is 0.489. The first-order valence-electron chi connectivity index (χ1n) is 7.98. The van der Waals surface area contributed by atoms with Gasteiger partial charge in [0.1, 0.15) is 5.41 Å². The van der Waals surface area contributed by atoms with Gasteiger partial charge in [-0.15, -0.1) is 0 Å². The van der Waals surface area contributed by atoms with Crippen LogP contribution in [0.25, 0.3) is 0 Å². The van der Waals surface area contributed by atoms with Gasteiger partial charge >= 0.3 is 0 Å². The smallest absolute Gasteiger partial charge is 0.240 e. The maximum atomic E-state index is 12.8. The molecule has 0 unspecified atom stereocenters. The summed E-state index contributed by atoms with van der Waals surface area (Å²) in [4.78, 5) is 27.1. The molecule has 2 aromatic rings. The van der Waals surface area contributed by atoms with E-state index in [0.717, 1.165) is 5.56 Å². The summed E-state index contributed by atoms with van der Waals surface area (Å²) in [7, 11) is 1.72. The van der Waals surface area contributed by atoms with Crippen LogP contribution >= 0.6 is 23.2 Å². The van der Waals surface area contributed by atoms with E-state index in [1.54, 1.807) is 30.1 Å². The Morgan fingerprint density at radius 3 is 2.40 bits per heavy atom. The third-order valence-corrected chi connectivity index (χ3v) is 4.93. The van der Waals surface area contributed by atoms with E-state index in [2.05, 4.69) is 5.32 Å². The molecule has 0 saturated heterocycles. The van der Waals surface area contributed by atoms with Crippen LogP contribution < -0.4 is 5.32 Å². The lowest BCUT2D eigenvalue weighted by Gasteiger charge is -2.23. The SMILES string of the molecule is CN(Cc1ccccc1)C(=O)C1(C(=O)Nc2ccc(Cl)cc2Cl)CC1. The van der Waals surface area contributed by atoms with Crippen LogP contribution in [0, 0.1) is 5.41 Å². The molecule has 6 heteroatoms. The molecular formula is C19H18Cl2N2O2. The molecule has 1 aliphatic carbocycles. The van der Waals surface area contributed by atoms with E-state index >= 15 is 0 Å². The highest BCUT2D eigenvalue weighted by Crippen LogP contribution is 2.48. The fourth-order valence-corrected chi connectivity index (χ4v) is 3.25. The van der Waals surface area contributed by atoms with Crippen molar-refractivity contribution >= 4 is 40.7 Å². The maximum Gasteiger partial charge on any atom is 0.240 e. The second-order valence-electron chi connectivity index (χ2n) is 6.31. The fraction of sp³-hybridized carbons (Fsp3) is 0.263. The highest BCUT2D eigenvalue weighted by molar-refractivity contribution is 6.36. The van der Waals surface area contributed by atoms with Gasteiger partial charge in [-0.3, -0.25) is 9.59 Å². The summed E-state index contributed by atoms with van der Waals surface area (Å²) in [6, 6.07) is 14.5. The van der Waals surface area contributed by atoms with Gasteiger partial charge in [0.2, 0.25) is 11.8 Å². The number of amides is 2. The van der Waals surface area contributed by atoms with Crippen molar-refractivity contribution in [2.45, 2.75) is 19.4 Å². The van der Waals surface area contributed by atoms with E-state index in [1.165, 1.54) is 0 Å². The molecule has 0 bridgehead atoms. The van der Waals surface area contributed by atoms with E-state index in [0.29, 0.717) is 35.1 Å². The third-order valence-electron chi connectivity index (χ3n) is 4.38. The zero-order valence-electron chi connectivity index (χ0n) is 13.8. The van der Waals surface area contributed by atoms with Crippen LogP contribution in [0.5, 0.6) is 0 Å². The Hall–Kier alpha value is -2.04. The molecule has 3 rings (SSSR count). The number of anilines is 1. The Labute approximate surface area is 156 Å². The summed E-state index contributed by atoms with van der Waals surface area (Å²) in [5, 5.41) is 3.60. The lowest BCUT2D eigenvalue weighted by molar-refractivity contribution is -0.141. The van der Waals surface area contributed by atoms with Crippen molar-refractivity contribution in [1.82, 2.24) is 4.90 Å². The van der Waals surface area contributed by atoms with Crippen molar-refractivity contribution in [3.8, 4) is 0 Å². The minimum absolute atomic E-state index is 0.168. The molecule has 25 heavy (non-hydrogen) atoms. The van der Waals surface area contributed by atoms with Gasteiger partial charge in [0, 0.05) is 18.6 Å². The van der Waals surface area contributed by atoms with Crippen LogP contribution in [0.2, 0.25) is 10.0 Å². The van der Waals surface area contributed by atoms with E-state index in [4.69, 9.17) is 23.2 Å². The van der Waals surface area contributed by atoms with Gasteiger partial charge in [-0.05, 0) is 36.6 Å². The van der Waals surface area contributed by atoms with Crippen molar-refractivity contribution in [1.29, 1.82) is 0 Å². The van der Waals surface area contributed by atoms with Crippen LogP contribution in [0.15, 0.2) is 48.5 Å². The Morgan fingerprint density at radius 2 is 1.80 bits per heavy atom. The van der Waals surface area contributed by atoms with Gasteiger partial charge in [0.25, 0.3) is 0 Å². The Bertz CT molecular complexity index is 804. The summed E-state index contributed by atoms with van der Waals surface area (Å²) in [5.74, 6) is -0.486. The second kappa shape index (κ2) is 7.06. The predicted octanol–water partition coefficient (Wildman–Crippen LogP) is 4.37. The summed E-state index contributed by atoms with van der Waals surface area (Å²) in [6.07, 6.45) is 1.09. The number of carbonyl (C=O) groups is 2. The van der Waals surface area contributed by atoms with Gasteiger partial charge in [-0.2, -0.15) is 0 Å². The quantitative estimate of drug-likeness (QED) is 0.787. The number of nitrogens with one attached hydrogen (secondary N) is 1. The molecule has 0 spiro atoms. The van der Waals surface area contributed by atoms with Crippen molar-refractivity contribution in [3.05, 3.63) is 64.1 Å². The number of benzene rings is 2. The Balaban J connectivity index is 1.70. The van der Waals surface area contributed by atoms with Gasteiger partial charge in [-0.1, -0.05) is 53.5 Å². The highest BCUT2D eigenvalue weighted by Gasteiger charge is 2.57. The minimum Gasteiger partial charge on any atom is -0.340 e. The first-order valence-corrected chi connectivity index (χ1v) is 8.74. The molecule has 4 nitrogen and oxygen atoms in total. The first kappa shape index (κ1) is 17.8. The monoisotopic (exact) mass is 376 g/mol. The molecule has 0 atom stereocenters. The number of hydrogen-bond donors (Lipinski definition) is 1. The van der Waals surface area contributed by atoms with Gasteiger partial charge in [-0.25, -0.2) is 0 Å². The molecule has 1 aliphatic rings. The zero-order chi connectivity index (χ0) is 18.0. The van der Waals surface area contributed by atoms with Gasteiger partial charge in [0.15, 0.2) is 0 Å². The Kier molecular flexibility index (Phi) is 5.02. The number of halogens is 2. The lowest BCUT2D eigenvalue weighted by atomic mass is 10.0. The van der Waals surface area contributed by atoms with Crippen molar-refractivity contribution in [2.24, 2.45) is 5.41 Å². The van der Waals surface area contributed by atoms with Crippen LogP contribution in [-0.4, -0.2) is 23.8 Å². The zero-order valence-corrected chi connectivity index (χ0v) is 15.3. The van der Waals surface area contributed by atoms with Crippen molar-refractivity contribution < 1.29 is 9.59 Å². The molecule has 130 valence electrons. The molecular weight excluding hydrogens is 359 g/mol. The van der Waals surface area contributed by atoms with Gasteiger partial charge < -0.3 is 10.2 Å².